The summed E-state index contributed by atoms with van der Waals surface area (Å²) in [7, 11) is -0.530. The van der Waals surface area contributed by atoms with E-state index in [1.807, 2.05) is 27.7 Å². The number of sulfonamides is 1. The van der Waals surface area contributed by atoms with Crippen LogP contribution in [-0.2, 0) is 22.0 Å². The molecule has 1 aliphatic rings. The molecule has 0 saturated carbocycles. The maximum absolute atomic E-state index is 13.4. The molecule has 0 fully saturated rings. The highest BCUT2D eigenvalue weighted by molar-refractivity contribution is 8.93. The third kappa shape index (κ3) is 6.51. The smallest absolute Gasteiger partial charge is 0.254 e. The Balaban J connectivity index is 0.00000481. The topological polar surface area (TPSA) is 120 Å². The van der Waals surface area contributed by atoms with Gasteiger partial charge in [-0.15, -0.1) is 17.0 Å². The van der Waals surface area contributed by atoms with Gasteiger partial charge in [-0.3, -0.25) is 19.3 Å². The van der Waals surface area contributed by atoms with Gasteiger partial charge in [0.15, 0.2) is 5.78 Å². The second kappa shape index (κ2) is 11.2. The molecule has 11 heteroatoms. The van der Waals surface area contributed by atoms with Crippen LogP contribution in [0.3, 0.4) is 0 Å². The normalized spacial score (nSPS) is 13.1. The highest BCUT2D eigenvalue weighted by atomic mass is 79.9. The van der Waals surface area contributed by atoms with Crippen molar-refractivity contribution in [1.29, 1.82) is 5.41 Å². The van der Waals surface area contributed by atoms with E-state index in [1.165, 1.54) is 14.1 Å². The maximum Gasteiger partial charge on any atom is 0.254 e. The highest BCUT2D eigenvalue weighted by Crippen LogP contribution is 2.32. The van der Waals surface area contributed by atoms with Gasteiger partial charge in [0.1, 0.15) is 11.6 Å². The lowest BCUT2D eigenvalue weighted by Gasteiger charge is -2.25. The fourth-order valence-electron chi connectivity index (χ4n) is 3.99. The van der Waals surface area contributed by atoms with Crippen molar-refractivity contribution in [3.63, 3.8) is 0 Å². The van der Waals surface area contributed by atoms with Gasteiger partial charge < -0.3 is 15.0 Å². The van der Waals surface area contributed by atoms with Crippen LogP contribution in [0.2, 0.25) is 0 Å². The fraction of sp³-hybridized carbons (Fsp3) is 0.423. The number of hydrogen-bond acceptors (Lipinski definition) is 6. The largest absolute Gasteiger partial charge is 0.493 e. The zero-order valence-electron chi connectivity index (χ0n) is 22.3. The van der Waals surface area contributed by atoms with Gasteiger partial charge in [-0.05, 0) is 53.8 Å². The Morgan fingerprint density at radius 1 is 1.16 bits per heavy atom. The molecule has 0 radical (unpaired) electrons. The van der Waals surface area contributed by atoms with Crippen molar-refractivity contribution < 1.29 is 22.7 Å². The van der Waals surface area contributed by atoms with Gasteiger partial charge >= 0.3 is 0 Å². The summed E-state index contributed by atoms with van der Waals surface area (Å²) in [5.74, 6) is 0.0263. The Hall–Kier alpha value is -2.92. The molecule has 0 spiro atoms. The molecule has 0 aliphatic carbocycles. The number of Topliss-reactive ketones (excluding diaryl/α,β-unsaturated/α-hetero) is 1. The van der Waals surface area contributed by atoms with Crippen LogP contribution >= 0.6 is 17.0 Å². The Labute approximate surface area is 229 Å². The molecule has 1 heterocycles. The van der Waals surface area contributed by atoms with E-state index >= 15 is 0 Å². The first-order valence-corrected chi connectivity index (χ1v) is 13.5. The number of fused-ring (bicyclic) bond motifs is 1. The molecule has 2 aromatic carbocycles. The number of benzene rings is 2. The number of carbonyl (C=O) groups excluding carboxylic acids is 2. The first kappa shape index (κ1) is 30.3. The summed E-state index contributed by atoms with van der Waals surface area (Å²) in [5, 5.41) is 11.2. The van der Waals surface area contributed by atoms with Crippen LogP contribution in [0.4, 0.5) is 5.69 Å². The molecule has 2 N–H and O–H groups in total. The van der Waals surface area contributed by atoms with E-state index < -0.39 is 10.0 Å². The number of nitrogens with zero attached hydrogens (tertiary/aromatic N) is 2. The highest BCUT2D eigenvalue weighted by Gasteiger charge is 2.30. The number of halogens is 1. The summed E-state index contributed by atoms with van der Waals surface area (Å²) in [4.78, 5) is 27.4. The van der Waals surface area contributed by atoms with E-state index in [4.69, 9.17) is 10.1 Å². The first-order valence-electron chi connectivity index (χ1n) is 11.7. The van der Waals surface area contributed by atoms with Gasteiger partial charge in [-0.1, -0.05) is 20.8 Å². The number of ketones is 1. The molecular weight excluding hydrogens is 560 g/mol. The summed E-state index contributed by atoms with van der Waals surface area (Å²) in [6, 6.07) is 8.52. The summed E-state index contributed by atoms with van der Waals surface area (Å²) in [5.41, 5.74) is 3.00. The van der Waals surface area contributed by atoms with Gasteiger partial charge in [0.2, 0.25) is 10.0 Å². The van der Waals surface area contributed by atoms with E-state index in [0.29, 0.717) is 41.3 Å². The van der Waals surface area contributed by atoms with Crippen molar-refractivity contribution >= 4 is 50.2 Å². The molecule has 0 atom stereocenters. The number of carbonyl (C=O) groups is 2. The van der Waals surface area contributed by atoms with E-state index in [-0.39, 0.29) is 46.5 Å². The quantitative estimate of drug-likeness (QED) is 0.449. The number of amides is 1. The first-order chi connectivity index (χ1) is 16.7. The average Bonchev–Trinajstić information content (AvgIpc) is 3.10. The van der Waals surface area contributed by atoms with Crippen LogP contribution < -0.4 is 14.4 Å². The van der Waals surface area contributed by atoms with Crippen molar-refractivity contribution in [2.75, 3.05) is 37.8 Å². The Morgan fingerprint density at radius 2 is 1.81 bits per heavy atom. The lowest BCUT2D eigenvalue weighted by Crippen LogP contribution is -2.31. The fourth-order valence-corrected chi connectivity index (χ4v) is 4.48. The summed E-state index contributed by atoms with van der Waals surface area (Å²) in [6.07, 6.45) is 1.12. The third-order valence-electron chi connectivity index (χ3n) is 6.21. The number of anilines is 1. The summed E-state index contributed by atoms with van der Waals surface area (Å²) < 4.78 is 31.1. The van der Waals surface area contributed by atoms with Gasteiger partial charge in [-0.2, -0.15) is 0 Å². The summed E-state index contributed by atoms with van der Waals surface area (Å²) in [6.45, 7) is 8.45. The van der Waals surface area contributed by atoms with E-state index in [9.17, 15) is 18.0 Å². The molecule has 0 unspecified atom stereocenters. The minimum absolute atomic E-state index is 0. The molecule has 37 heavy (non-hydrogen) atoms. The Bertz CT molecular complexity index is 1340. The lowest BCUT2D eigenvalue weighted by molar-refractivity contribution is 0.0953. The minimum Gasteiger partial charge on any atom is -0.493 e. The van der Waals surface area contributed by atoms with E-state index in [1.54, 1.807) is 35.2 Å². The number of nitrogens with one attached hydrogen (secondary N) is 2. The zero-order valence-corrected chi connectivity index (χ0v) is 24.8. The standard InChI is InChI=1S/C26H34N4O5S.BrH/c1-8-35-23-11-17-14-30(24(27)20(17)13-21(23)25(32)28-5)15-22(31)16-9-18(26(2,3)4)12-19(10-16)29(6)36(7,33)34;/h9-13,27H,8,14-15H2,1-7H3,(H,28,32);1H. The zero-order chi connectivity index (χ0) is 27.0. The number of ether oxygens (including phenoxy) is 1. The van der Waals surface area contributed by atoms with E-state index in [0.717, 1.165) is 21.7 Å². The van der Waals surface area contributed by atoms with Crippen LogP contribution in [0.25, 0.3) is 0 Å². The Morgan fingerprint density at radius 3 is 2.35 bits per heavy atom. The van der Waals surface area contributed by atoms with Crippen molar-refractivity contribution in [3.8, 4) is 5.75 Å². The second-order valence-electron chi connectivity index (χ2n) is 9.89. The van der Waals surface area contributed by atoms with Crippen LogP contribution in [0.5, 0.6) is 5.75 Å². The second-order valence-corrected chi connectivity index (χ2v) is 11.9. The van der Waals surface area contributed by atoms with Crippen LogP contribution in [-0.4, -0.2) is 64.3 Å². The molecule has 9 nitrogen and oxygen atoms in total. The molecule has 0 saturated heterocycles. The molecule has 0 bridgehead atoms. The molecule has 202 valence electrons. The van der Waals surface area contributed by atoms with Crippen molar-refractivity contribution in [2.45, 2.75) is 39.7 Å². The molecule has 3 rings (SSSR count). The van der Waals surface area contributed by atoms with Crippen LogP contribution in [0.1, 0.15) is 65.1 Å². The van der Waals surface area contributed by atoms with E-state index in [2.05, 4.69) is 5.32 Å². The van der Waals surface area contributed by atoms with Gasteiger partial charge in [0.25, 0.3) is 5.91 Å². The molecule has 1 amide bonds. The Kier molecular flexibility index (Phi) is 9.19. The van der Waals surface area contributed by atoms with Crippen molar-refractivity contribution in [3.05, 3.63) is 58.1 Å². The van der Waals surface area contributed by atoms with Gasteiger partial charge in [-0.25, -0.2) is 8.42 Å². The van der Waals surface area contributed by atoms with Gasteiger partial charge in [0.05, 0.1) is 30.7 Å². The van der Waals surface area contributed by atoms with Crippen molar-refractivity contribution in [1.82, 2.24) is 10.2 Å². The molecular formula is C26H35BrN4O5S. The average molecular weight is 596 g/mol. The van der Waals surface area contributed by atoms with Crippen molar-refractivity contribution in [2.24, 2.45) is 0 Å². The predicted molar refractivity (Wildman–Crippen MR) is 151 cm³/mol. The third-order valence-corrected chi connectivity index (χ3v) is 7.42. The number of hydrogen-bond donors (Lipinski definition) is 2. The van der Waals surface area contributed by atoms with Crippen LogP contribution in [0.15, 0.2) is 30.3 Å². The predicted octanol–water partition coefficient (Wildman–Crippen LogP) is 3.74. The molecule has 2 aromatic rings. The minimum atomic E-state index is -3.52. The molecule has 0 aromatic heterocycles. The van der Waals surface area contributed by atoms with Gasteiger partial charge in [0, 0.05) is 31.8 Å². The lowest BCUT2D eigenvalue weighted by atomic mass is 9.85. The SMILES string of the molecule is Br.CCOc1cc2c(cc1C(=O)NC)C(=N)N(CC(=O)c1cc(N(C)S(C)(=O)=O)cc(C(C)(C)C)c1)C2. The number of amidine groups is 1. The van der Waals surface area contributed by atoms with Crippen LogP contribution in [0, 0.1) is 5.41 Å². The molecule has 1 aliphatic heterocycles. The monoisotopic (exact) mass is 594 g/mol. The number of rotatable bonds is 8. The summed E-state index contributed by atoms with van der Waals surface area (Å²) >= 11 is 0. The maximum atomic E-state index is 13.4.